The smallest absolute Gasteiger partial charge is 0.261 e. The van der Waals surface area contributed by atoms with Crippen molar-refractivity contribution in [3.05, 3.63) is 65.2 Å². The number of amidine groups is 1. The number of carbonyl (C=O) groups is 1. The van der Waals surface area contributed by atoms with Crippen LogP contribution in [0.2, 0.25) is 0 Å². The fourth-order valence-corrected chi connectivity index (χ4v) is 8.42. The van der Waals surface area contributed by atoms with Gasteiger partial charge >= 0.3 is 0 Å². The number of halogens is 1. The van der Waals surface area contributed by atoms with Crippen LogP contribution in [0.4, 0.5) is 15.8 Å². The van der Waals surface area contributed by atoms with Crippen molar-refractivity contribution in [2.45, 2.75) is 36.7 Å². The van der Waals surface area contributed by atoms with Crippen molar-refractivity contribution in [3.63, 3.8) is 0 Å². The van der Waals surface area contributed by atoms with Gasteiger partial charge in [-0.3, -0.25) is 9.52 Å². The van der Waals surface area contributed by atoms with Crippen LogP contribution in [-0.2, 0) is 31.1 Å². The Morgan fingerprint density at radius 2 is 1.87 bits per heavy atom. The molecule has 2 aliphatic heterocycles. The fraction of sp³-hybridized carbons (Fsp3) is 0.385. The number of aliphatic hydroxyl groups is 1. The number of nitrogens with zero attached hydrogens (tertiary/aromatic N) is 3. The van der Waals surface area contributed by atoms with Gasteiger partial charge in [0.2, 0.25) is 10.0 Å². The number of anilines is 1. The topological polar surface area (TPSA) is 128 Å². The monoisotopic (exact) mass is 558 g/mol. The number of amides is 1. The number of aliphatic hydroxyl groups excluding tert-OH is 1. The van der Waals surface area contributed by atoms with Crippen molar-refractivity contribution in [2.24, 2.45) is 27.1 Å². The van der Waals surface area contributed by atoms with E-state index >= 15 is 0 Å². The van der Waals surface area contributed by atoms with E-state index in [1.165, 1.54) is 36.6 Å². The van der Waals surface area contributed by atoms with E-state index in [1.807, 2.05) is 0 Å². The first-order valence-electron chi connectivity index (χ1n) is 12.3. The number of aliphatic imine (C=N–C) groups is 1. The molecule has 2 N–H and O–H groups in total. The first kappa shape index (κ1) is 25.1. The summed E-state index contributed by atoms with van der Waals surface area (Å²) in [4.78, 5) is 20.5. The molecule has 2 bridgehead atoms. The zero-order chi connectivity index (χ0) is 27.0. The molecule has 2 aliphatic carbocycles. The average Bonchev–Trinajstić information content (AvgIpc) is 3.45. The van der Waals surface area contributed by atoms with E-state index in [1.54, 1.807) is 17.0 Å². The van der Waals surface area contributed by atoms with E-state index in [9.17, 15) is 26.9 Å². The largest absolute Gasteiger partial charge is 0.511 e. The van der Waals surface area contributed by atoms with E-state index in [0.29, 0.717) is 0 Å². The standard InChI is InChI=1S/C26H27FN4O5S2/c1-37(34)20-12-18(29-38(2,35)36)9-10-19(20)28-25(30-37)22-24(32)21-15-5-6-16(11-15)23(21)31(26(22)33)13-14-3-7-17(27)8-4-14/h3-4,7-10,12,15-16,21,23,29,32H,5-6,11,13H2,1-2H3/t15-,16+,21+,23-,37?/m0/s1. The van der Waals surface area contributed by atoms with Gasteiger partial charge in [0.05, 0.1) is 26.6 Å². The summed E-state index contributed by atoms with van der Waals surface area (Å²) in [6.07, 6.45) is 5.25. The second-order valence-corrected chi connectivity index (χ2v) is 14.5. The van der Waals surface area contributed by atoms with Crippen LogP contribution in [0.1, 0.15) is 24.8 Å². The second kappa shape index (κ2) is 8.63. The van der Waals surface area contributed by atoms with Gasteiger partial charge in [-0.25, -0.2) is 22.0 Å². The number of rotatable bonds is 5. The second-order valence-electron chi connectivity index (χ2n) is 10.6. The minimum atomic E-state index is -3.55. The Bertz CT molecular complexity index is 1660. The van der Waals surface area contributed by atoms with Gasteiger partial charge < -0.3 is 10.0 Å². The minimum absolute atomic E-state index is 0.0560. The van der Waals surface area contributed by atoms with Crippen LogP contribution < -0.4 is 4.72 Å². The number of nitrogens with one attached hydrogen (secondary N) is 1. The lowest BCUT2D eigenvalue weighted by molar-refractivity contribution is -0.134. The van der Waals surface area contributed by atoms with Gasteiger partial charge in [0.15, 0.2) is 5.84 Å². The summed E-state index contributed by atoms with van der Waals surface area (Å²) < 4.78 is 57.2. The molecule has 38 heavy (non-hydrogen) atoms. The predicted molar refractivity (Wildman–Crippen MR) is 141 cm³/mol. The summed E-state index contributed by atoms with van der Waals surface area (Å²) >= 11 is 0. The first-order chi connectivity index (χ1) is 17.9. The van der Waals surface area contributed by atoms with Gasteiger partial charge in [0, 0.05) is 30.4 Å². The maximum atomic E-state index is 14.0. The highest BCUT2D eigenvalue weighted by Crippen LogP contribution is 2.55. The first-order valence-corrected chi connectivity index (χ1v) is 16.1. The third-order valence-corrected chi connectivity index (χ3v) is 10.2. The van der Waals surface area contributed by atoms with Crippen molar-refractivity contribution >= 4 is 42.9 Å². The van der Waals surface area contributed by atoms with Crippen molar-refractivity contribution < 1.29 is 26.9 Å². The van der Waals surface area contributed by atoms with Gasteiger partial charge in [-0.2, -0.15) is 4.36 Å². The molecule has 9 nitrogen and oxygen atoms in total. The summed E-state index contributed by atoms with van der Waals surface area (Å²) in [5, 5.41) is 11.5. The van der Waals surface area contributed by atoms with Crippen molar-refractivity contribution in [1.29, 1.82) is 0 Å². The zero-order valence-electron chi connectivity index (χ0n) is 20.8. The van der Waals surface area contributed by atoms with E-state index in [4.69, 9.17) is 0 Å². The van der Waals surface area contributed by atoms with Crippen LogP contribution in [0.25, 0.3) is 0 Å². The lowest BCUT2D eigenvalue weighted by atomic mass is 9.77. The molecule has 0 aromatic heterocycles. The number of benzene rings is 2. The molecular weight excluding hydrogens is 531 g/mol. The van der Waals surface area contributed by atoms with Crippen molar-refractivity contribution in [3.8, 4) is 0 Å². The molecule has 200 valence electrons. The number of fused-ring (bicyclic) bond motifs is 6. The molecule has 1 amide bonds. The summed E-state index contributed by atoms with van der Waals surface area (Å²) in [7, 11) is -6.68. The van der Waals surface area contributed by atoms with E-state index < -0.39 is 25.7 Å². The average molecular weight is 559 g/mol. The normalized spacial score (nSPS) is 30.0. The lowest BCUT2D eigenvalue weighted by Gasteiger charge is -2.43. The molecule has 0 radical (unpaired) electrons. The molecule has 5 atom stereocenters. The summed E-state index contributed by atoms with van der Waals surface area (Å²) in [5.74, 6) is -0.749. The third kappa shape index (κ3) is 4.19. The molecule has 2 fully saturated rings. The molecule has 4 aliphatic rings. The molecule has 2 heterocycles. The molecule has 0 saturated heterocycles. The van der Waals surface area contributed by atoms with Gasteiger partial charge in [-0.15, -0.1) is 0 Å². The third-order valence-electron chi connectivity index (χ3n) is 7.93. The van der Waals surface area contributed by atoms with Crippen LogP contribution >= 0.6 is 0 Å². The van der Waals surface area contributed by atoms with Gasteiger partial charge in [-0.1, -0.05) is 12.1 Å². The highest BCUT2D eigenvalue weighted by Gasteiger charge is 2.57. The number of carbonyl (C=O) groups excluding carboxylic acids is 1. The molecule has 12 heteroatoms. The number of hydrogen-bond acceptors (Lipinski definition) is 7. The molecule has 2 aromatic carbocycles. The summed E-state index contributed by atoms with van der Waals surface area (Å²) in [6, 6.07) is 10.2. The van der Waals surface area contributed by atoms with Crippen molar-refractivity contribution in [2.75, 3.05) is 17.2 Å². The SMILES string of the molecule is CS(=O)(=O)Nc1ccc2c(c1)S(C)(=O)=NC(C1=C(O)[C@@H]3[C@H]4CC[C@H](C4)[C@@H]3N(Cc3ccc(F)cc3)C1=O)=N2. The quantitative estimate of drug-likeness (QED) is 0.574. The van der Waals surface area contributed by atoms with Gasteiger partial charge in [0.1, 0.15) is 17.1 Å². The molecule has 2 saturated carbocycles. The van der Waals surface area contributed by atoms with E-state index in [0.717, 1.165) is 31.1 Å². The van der Waals surface area contributed by atoms with Crippen LogP contribution in [-0.4, -0.2) is 52.9 Å². The minimum Gasteiger partial charge on any atom is -0.511 e. The predicted octanol–water partition coefficient (Wildman–Crippen LogP) is 3.97. The van der Waals surface area contributed by atoms with Crippen molar-refractivity contribution in [1.82, 2.24) is 4.90 Å². The van der Waals surface area contributed by atoms with Crippen LogP contribution in [0, 0.1) is 23.6 Å². The Labute approximate surface area is 220 Å². The van der Waals surface area contributed by atoms with Crippen LogP contribution in [0.5, 0.6) is 0 Å². The lowest BCUT2D eigenvalue weighted by Crippen LogP contribution is -2.53. The zero-order valence-corrected chi connectivity index (χ0v) is 22.4. The Morgan fingerprint density at radius 3 is 2.58 bits per heavy atom. The Kier molecular flexibility index (Phi) is 5.69. The van der Waals surface area contributed by atoms with E-state index in [2.05, 4.69) is 14.1 Å². The van der Waals surface area contributed by atoms with Gasteiger partial charge in [-0.05, 0) is 67.0 Å². The Morgan fingerprint density at radius 1 is 1.16 bits per heavy atom. The summed E-state index contributed by atoms with van der Waals surface area (Å²) in [6.45, 7) is 0.242. The molecule has 0 spiro atoms. The highest BCUT2D eigenvalue weighted by atomic mass is 32.2. The number of sulfonamides is 1. The molecule has 2 aromatic rings. The van der Waals surface area contributed by atoms with E-state index in [-0.39, 0.29) is 69.6 Å². The number of hydrogen-bond donors (Lipinski definition) is 2. The highest BCUT2D eigenvalue weighted by molar-refractivity contribution is 7.93. The van der Waals surface area contributed by atoms with Crippen LogP contribution in [0.15, 0.2) is 68.0 Å². The maximum Gasteiger partial charge on any atom is 0.261 e. The molecule has 1 unspecified atom stereocenters. The summed E-state index contributed by atoms with van der Waals surface area (Å²) in [5.41, 5.74) is 1.22. The molecule has 6 rings (SSSR count). The van der Waals surface area contributed by atoms with Crippen LogP contribution in [0.3, 0.4) is 0 Å². The maximum absolute atomic E-state index is 14.0. The molecular formula is C26H27FN4O5S2. The van der Waals surface area contributed by atoms with Gasteiger partial charge in [0.25, 0.3) is 5.91 Å². The fourth-order valence-electron chi connectivity index (χ4n) is 6.46. The Hall–Kier alpha value is -3.25. The Balaban J connectivity index is 1.44.